The molecule has 0 saturated carbocycles. The maximum absolute atomic E-state index is 12.4. The molecule has 1 N–H and O–H groups in total. The number of carbonyl (C=O) groups is 2. The van der Waals surface area contributed by atoms with Crippen molar-refractivity contribution in [1.29, 1.82) is 0 Å². The van der Waals surface area contributed by atoms with Crippen molar-refractivity contribution >= 4 is 11.9 Å². The molecule has 1 saturated heterocycles. The molecule has 0 aliphatic carbocycles. The zero-order chi connectivity index (χ0) is 18.2. The number of morpholine rings is 1. The average molecular weight is 348 g/mol. The van der Waals surface area contributed by atoms with E-state index in [9.17, 15) is 9.59 Å². The molecule has 0 radical (unpaired) electrons. The summed E-state index contributed by atoms with van der Waals surface area (Å²) in [6, 6.07) is 9.41. The van der Waals surface area contributed by atoms with Gasteiger partial charge >= 0.3 is 5.97 Å². The fourth-order valence-corrected chi connectivity index (χ4v) is 2.99. The molecule has 138 valence electrons. The lowest BCUT2D eigenvalue weighted by atomic mass is 10.0. The van der Waals surface area contributed by atoms with Crippen molar-refractivity contribution in [1.82, 2.24) is 10.2 Å². The molecular formula is C19H28N2O4. The summed E-state index contributed by atoms with van der Waals surface area (Å²) in [5, 5.41) is 2.80. The molecule has 2 rings (SSSR count). The van der Waals surface area contributed by atoms with Gasteiger partial charge in [0, 0.05) is 13.1 Å². The molecule has 1 aliphatic rings. The number of methoxy groups -OCH3 is 1. The van der Waals surface area contributed by atoms with Gasteiger partial charge in [-0.15, -0.1) is 0 Å². The molecule has 0 spiro atoms. The number of benzene rings is 1. The first-order chi connectivity index (χ1) is 12.0. The minimum atomic E-state index is -0.594. The van der Waals surface area contributed by atoms with Crippen molar-refractivity contribution in [2.24, 2.45) is 5.92 Å². The zero-order valence-corrected chi connectivity index (χ0v) is 15.2. The van der Waals surface area contributed by atoms with Crippen molar-refractivity contribution in [2.45, 2.75) is 32.4 Å². The third kappa shape index (κ3) is 6.14. The number of rotatable bonds is 7. The maximum atomic E-state index is 12.4. The quantitative estimate of drug-likeness (QED) is 0.761. The summed E-state index contributed by atoms with van der Waals surface area (Å²) in [7, 11) is 1.34. The Morgan fingerprint density at radius 2 is 2.04 bits per heavy atom. The van der Waals surface area contributed by atoms with E-state index in [-0.39, 0.29) is 24.5 Å². The van der Waals surface area contributed by atoms with Gasteiger partial charge in [-0.25, -0.2) is 4.79 Å². The molecule has 2 atom stereocenters. The zero-order valence-electron chi connectivity index (χ0n) is 15.2. The van der Waals surface area contributed by atoms with Crippen LogP contribution in [0.1, 0.15) is 31.9 Å². The maximum Gasteiger partial charge on any atom is 0.328 e. The van der Waals surface area contributed by atoms with E-state index >= 15 is 0 Å². The molecule has 2 unspecified atom stereocenters. The van der Waals surface area contributed by atoms with Crippen LogP contribution >= 0.6 is 0 Å². The average Bonchev–Trinajstić information content (AvgIpc) is 2.61. The highest BCUT2D eigenvalue weighted by molar-refractivity contribution is 5.85. The van der Waals surface area contributed by atoms with Gasteiger partial charge in [-0.2, -0.15) is 0 Å². The Bertz CT molecular complexity index is 562. The van der Waals surface area contributed by atoms with Crippen LogP contribution in [0.25, 0.3) is 0 Å². The second kappa shape index (κ2) is 9.53. The normalized spacial score (nSPS) is 19.4. The van der Waals surface area contributed by atoms with Gasteiger partial charge in [0.15, 0.2) is 0 Å². The van der Waals surface area contributed by atoms with Crippen LogP contribution < -0.4 is 5.32 Å². The standard InChI is InChI=1S/C19H28N2O4/c1-14(2)11-16(19(23)24-3)20-18(22)13-21-9-10-25-17(12-21)15-7-5-4-6-8-15/h4-8,14,16-17H,9-13H2,1-3H3,(H,20,22). The first-order valence-electron chi connectivity index (χ1n) is 8.75. The monoisotopic (exact) mass is 348 g/mol. The van der Waals surface area contributed by atoms with Gasteiger partial charge in [0.1, 0.15) is 6.04 Å². The molecular weight excluding hydrogens is 320 g/mol. The first-order valence-corrected chi connectivity index (χ1v) is 8.75. The Morgan fingerprint density at radius 1 is 1.32 bits per heavy atom. The van der Waals surface area contributed by atoms with E-state index in [4.69, 9.17) is 9.47 Å². The number of nitrogens with one attached hydrogen (secondary N) is 1. The van der Waals surface area contributed by atoms with Crippen LogP contribution in [0, 0.1) is 5.92 Å². The predicted molar refractivity (Wildman–Crippen MR) is 95.0 cm³/mol. The molecule has 1 fully saturated rings. The summed E-state index contributed by atoms with van der Waals surface area (Å²) in [6.45, 7) is 6.20. The summed E-state index contributed by atoms with van der Waals surface area (Å²) >= 11 is 0. The summed E-state index contributed by atoms with van der Waals surface area (Å²) in [5.41, 5.74) is 1.11. The van der Waals surface area contributed by atoms with Crippen LogP contribution in [0.4, 0.5) is 0 Å². The molecule has 1 heterocycles. The highest BCUT2D eigenvalue weighted by Gasteiger charge is 2.26. The topological polar surface area (TPSA) is 67.9 Å². The lowest BCUT2D eigenvalue weighted by Crippen LogP contribution is -2.49. The van der Waals surface area contributed by atoms with Crippen LogP contribution in [0.5, 0.6) is 0 Å². The van der Waals surface area contributed by atoms with Crippen LogP contribution in [0.3, 0.4) is 0 Å². The summed E-state index contributed by atoms with van der Waals surface area (Å²) in [4.78, 5) is 26.3. The Hall–Kier alpha value is -1.92. The number of amides is 1. The lowest BCUT2D eigenvalue weighted by Gasteiger charge is -2.33. The number of esters is 1. The molecule has 1 aromatic carbocycles. The molecule has 1 aromatic rings. The van der Waals surface area contributed by atoms with Crippen molar-refractivity contribution in [3.8, 4) is 0 Å². The fraction of sp³-hybridized carbons (Fsp3) is 0.579. The van der Waals surface area contributed by atoms with Crippen molar-refractivity contribution in [2.75, 3.05) is 33.4 Å². The third-order valence-electron chi connectivity index (χ3n) is 4.22. The van der Waals surface area contributed by atoms with Gasteiger partial charge < -0.3 is 14.8 Å². The molecule has 6 nitrogen and oxygen atoms in total. The van der Waals surface area contributed by atoms with Crippen molar-refractivity contribution < 1.29 is 19.1 Å². The first kappa shape index (κ1) is 19.4. The molecule has 1 amide bonds. The minimum Gasteiger partial charge on any atom is -0.467 e. The van der Waals surface area contributed by atoms with Crippen LogP contribution in [0.2, 0.25) is 0 Å². The number of ether oxygens (including phenoxy) is 2. The SMILES string of the molecule is COC(=O)C(CC(C)C)NC(=O)CN1CCOC(c2ccccc2)C1. The number of hydrogen-bond donors (Lipinski definition) is 1. The van der Waals surface area contributed by atoms with E-state index < -0.39 is 12.0 Å². The van der Waals surface area contributed by atoms with Crippen molar-refractivity contribution in [3.05, 3.63) is 35.9 Å². The Morgan fingerprint density at radius 3 is 2.68 bits per heavy atom. The number of carbonyl (C=O) groups excluding carboxylic acids is 2. The Kier molecular flexibility index (Phi) is 7.40. The number of nitrogens with zero attached hydrogens (tertiary/aromatic N) is 1. The van der Waals surface area contributed by atoms with Crippen LogP contribution in [0.15, 0.2) is 30.3 Å². The second-order valence-corrected chi connectivity index (χ2v) is 6.78. The van der Waals surface area contributed by atoms with Gasteiger partial charge in [0.25, 0.3) is 0 Å². The van der Waals surface area contributed by atoms with Gasteiger partial charge in [-0.1, -0.05) is 44.2 Å². The highest BCUT2D eigenvalue weighted by Crippen LogP contribution is 2.21. The van der Waals surface area contributed by atoms with E-state index in [0.717, 1.165) is 5.56 Å². The minimum absolute atomic E-state index is 0.0326. The van der Waals surface area contributed by atoms with Crippen LogP contribution in [-0.4, -0.2) is 56.2 Å². The van der Waals surface area contributed by atoms with E-state index in [1.165, 1.54) is 7.11 Å². The molecule has 6 heteroatoms. The molecule has 1 aliphatic heterocycles. The fourth-order valence-electron chi connectivity index (χ4n) is 2.99. The van der Waals surface area contributed by atoms with E-state index in [1.807, 2.05) is 44.2 Å². The summed E-state index contributed by atoms with van der Waals surface area (Å²) in [5.74, 6) is -0.272. The smallest absolute Gasteiger partial charge is 0.328 e. The predicted octanol–water partition coefficient (Wildman–Crippen LogP) is 1.76. The largest absolute Gasteiger partial charge is 0.467 e. The van der Waals surface area contributed by atoms with Crippen LogP contribution in [-0.2, 0) is 19.1 Å². The Balaban J connectivity index is 1.89. The summed E-state index contributed by atoms with van der Waals surface area (Å²) in [6.07, 6.45) is 0.531. The lowest BCUT2D eigenvalue weighted by molar-refractivity contribution is -0.145. The van der Waals surface area contributed by atoms with Gasteiger partial charge in [0.2, 0.25) is 5.91 Å². The van der Waals surface area contributed by atoms with Gasteiger partial charge in [-0.05, 0) is 17.9 Å². The van der Waals surface area contributed by atoms with Crippen molar-refractivity contribution in [3.63, 3.8) is 0 Å². The molecule has 25 heavy (non-hydrogen) atoms. The van der Waals surface area contributed by atoms with Gasteiger partial charge in [-0.3, -0.25) is 9.69 Å². The highest BCUT2D eigenvalue weighted by atomic mass is 16.5. The number of hydrogen-bond acceptors (Lipinski definition) is 5. The molecule has 0 aromatic heterocycles. The second-order valence-electron chi connectivity index (χ2n) is 6.78. The van der Waals surface area contributed by atoms with E-state index in [1.54, 1.807) is 0 Å². The van der Waals surface area contributed by atoms with E-state index in [2.05, 4.69) is 10.2 Å². The third-order valence-corrected chi connectivity index (χ3v) is 4.22. The Labute approximate surface area is 149 Å². The van der Waals surface area contributed by atoms with E-state index in [0.29, 0.717) is 26.1 Å². The molecule has 0 bridgehead atoms. The summed E-state index contributed by atoms with van der Waals surface area (Å²) < 4.78 is 10.6. The van der Waals surface area contributed by atoms with Gasteiger partial charge in [0.05, 0.1) is 26.4 Å².